The summed E-state index contributed by atoms with van der Waals surface area (Å²) in [5, 5.41) is 9.38. The van der Waals surface area contributed by atoms with Gasteiger partial charge in [-0.1, -0.05) is 18.2 Å². The summed E-state index contributed by atoms with van der Waals surface area (Å²) in [6.45, 7) is -0.102. The van der Waals surface area contributed by atoms with E-state index in [1.807, 2.05) is 0 Å². The lowest BCUT2D eigenvalue weighted by Gasteiger charge is -2.14. The lowest BCUT2D eigenvalue weighted by atomic mass is 9.93. The zero-order chi connectivity index (χ0) is 14.5. The van der Waals surface area contributed by atoms with Crippen molar-refractivity contribution in [2.24, 2.45) is 5.92 Å². The number of halogens is 3. The van der Waals surface area contributed by atoms with Crippen LogP contribution >= 0.6 is 0 Å². The monoisotopic (exact) mass is 280 g/mol. The number of aliphatic hydroxyl groups excluding tert-OH is 1. The van der Waals surface area contributed by atoms with Crippen molar-refractivity contribution < 1.29 is 18.3 Å². The molecule has 0 bridgehead atoms. The second kappa shape index (κ2) is 6.57. The van der Waals surface area contributed by atoms with Crippen molar-refractivity contribution in [1.82, 2.24) is 0 Å². The van der Waals surface area contributed by atoms with Gasteiger partial charge in [0, 0.05) is 6.61 Å². The van der Waals surface area contributed by atoms with Crippen LogP contribution in [-0.2, 0) is 12.8 Å². The van der Waals surface area contributed by atoms with E-state index in [2.05, 4.69) is 0 Å². The lowest BCUT2D eigenvalue weighted by Crippen LogP contribution is -2.13. The number of hydrogen-bond acceptors (Lipinski definition) is 1. The molecule has 20 heavy (non-hydrogen) atoms. The number of hydrogen-bond donors (Lipinski definition) is 1. The quantitative estimate of drug-likeness (QED) is 0.888. The molecule has 1 atom stereocenters. The molecule has 2 aromatic rings. The van der Waals surface area contributed by atoms with Gasteiger partial charge in [-0.3, -0.25) is 0 Å². The van der Waals surface area contributed by atoms with Crippen molar-refractivity contribution in [2.75, 3.05) is 6.61 Å². The Morgan fingerprint density at radius 2 is 1.55 bits per heavy atom. The molecule has 0 aromatic heterocycles. The van der Waals surface area contributed by atoms with Crippen molar-refractivity contribution in [2.45, 2.75) is 12.8 Å². The van der Waals surface area contributed by atoms with E-state index in [4.69, 9.17) is 0 Å². The van der Waals surface area contributed by atoms with Crippen molar-refractivity contribution >= 4 is 0 Å². The Morgan fingerprint density at radius 3 is 2.15 bits per heavy atom. The number of benzene rings is 2. The van der Waals surface area contributed by atoms with Crippen molar-refractivity contribution in [3.63, 3.8) is 0 Å². The Bertz CT molecular complexity index is 584. The van der Waals surface area contributed by atoms with Gasteiger partial charge in [0.1, 0.15) is 5.82 Å². The molecular formula is C16H15F3O. The maximum absolute atomic E-state index is 13.1. The van der Waals surface area contributed by atoms with E-state index in [1.54, 1.807) is 12.1 Å². The second-order valence-corrected chi connectivity index (χ2v) is 4.84. The largest absolute Gasteiger partial charge is 0.396 e. The van der Waals surface area contributed by atoms with Gasteiger partial charge >= 0.3 is 0 Å². The number of aliphatic hydroxyl groups is 1. The van der Waals surface area contributed by atoms with E-state index in [0.29, 0.717) is 18.4 Å². The van der Waals surface area contributed by atoms with E-state index in [9.17, 15) is 18.3 Å². The Labute approximate surface area is 115 Å². The molecule has 0 fully saturated rings. The molecule has 0 amide bonds. The van der Waals surface area contributed by atoms with Crippen LogP contribution in [0.3, 0.4) is 0 Å². The Hall–Kier alpha value is -1.81. The summed E-state index contributed by atoms with van der Waals surface area (Å²) in [7, 11) is 0. The average Bonchev–Trinajstić information content (AvgIpc) is 2.42. The van der Waals surface area contributed by atoms with E-state index < -0.39 is 11.6 Å². The minimum absolute atomic E-state index is 0.102. The summed E-state index contributed by atoms with van der Waals surface area (Å²) < 4.78 is 39.1. The predicted molar refractivity (Wildman–Crippen MR) is 70.7 cm³/mol. The molecule has 1 nitrogen and oxygen atoms in total. The molecule has 2 aromatic carbocycles. The molecule has 0 radical (unpaired) electrons. The van der Waals surface area contributed by atoms with Gasteiger partial charge < -0.3 is 5.11 Å². The molecule has 0 saturated carbocycles. The lowest BCUT2D eigenvalue weighted by molar-refractivity contribution is 0.224. The second-order valence-electron chi connectivity index (χ2n) is 4.84. The fourth-order valence-electron chi connectivity index (χ4n) is 2.20. The summed E-state index contributed by atoms with van der Waals surface area (Å²) in [6.07, 6.45) is 0.886. The van der Waals surface area contributed by atoms with Crippen LogP contribution in [0.1, 0.15) is 11.1 Å². The first-order chi connectivity index (χ1) is 9.58. The molecule has 0 spiro atoms. The van der Waals surface area contributed by atoms with E-state index in [-0.39, 0.29) is 18.3 Å². The standard InChI is InChI=1S/C16H15F3O/c17-14-3-1-2-11(8-14)6-13(10-20)7-12-4-5-15(18)16(19)9-12/h1-5,8-9,13,20H,6-7,10H2. The Morgan fingerprint density at radius 1 is 0.850 bits per heavy atom. The van der Waals surface area contributed by atoms with Crippen LogP contribution < -0.4 is 0 Å². The van der Waals surface area contributed by atoms with Crippen LogP contribution in [0.15, 0.2) is 42.5 Å². The fraction of sp³-hybridized carbons (Fsp3) is 0.250. The van der Waals surface area contributed by atoms with Gasteiger partial charge in [0.15, 0.2) is 11.6 Å². The third kappa shape index (κ3) is 3.84. The molecule has 0 aliphatic carbocycles. The van der Waals surface area contributed by atoms with Crippen molar-refractivity contribution in [1.29, 1.82) is 0 Å². The van der Waals surface area contributed by atoms with E-state index in [1.165, 1.54) is 18.2 Å². The molecule has 1 unspecified atom stereocenters. The molecule has 1 N–H and O–H groups in total. The van der Waals surface area contributed by atoms with Crippen LogP contribution in [0.4, 0.5) is 13.2 Å². The highest BCUT2D eigenvalue weighted by Crippen LogP contribution is 2.17. The first-order valence-corrected chi connectivity index (χ1v) is 6.37. The fourth-order valence-corrected chi connectivity index (χ4v) is 2.20. The van der Waals surface area contributed by atoms with Gasteiger partial charge in [-0.2, -0.15) is 0 Å². The predicted octanol–water partition coefficient (Wildman–Crippen LogP) is 3.50. The summed E-state index contributed by atoms with van der Waals surface area (Å²) in [4.78, 5) is 0. The molecular weight excluding hydrogens is 265 g/mol. The molecule has 2 rings (SSSR count). The van der Waals surface area contributed by atoms with Crippen LogP contribution in [0.2, 0.25) is 0 Å². The van der Waals surface area contributed by atoms with Crippen LogP contribution in [0.25, 0.3) is 0 Å². The van der Waals surface area contributed by atoms with Crippen LogP contribution in [-0.4, -0.2) is 11.7 Å². The zero-order valence-corrected chi connectivity index (χ0v) is 10.8. The third-order valence-electron chi connectivity index (χ3n) is 3.18. The van der Waals surface area contributed by atoms with Gasteiger partial charge in [0.2, 0.25) is 0 Å². The van der Waals surface area contributed by atoms with Gasteiger partial charge in [-0.15, -0.1) is 0 Å². The first kappa shape index (κ1) is 14.6. The first-order valence-electron chi connectivity index (χ1n) is 6.37. The maximum Gasteiger partial charge on any atom is 0.159 e. The highest BCUT2D eigenvalue weighted by atomic mass is 19.2. The molecule has 0 aliphatic heterocycles. The summed E-state index contributed by atoms with van der Waals surface area (Å²) >= 11 is 0. The molecule has 0 saturated heterocycles. The summed E-state index contributed by atoms with van der Waals surface area (Å²) in [6, 6.07) is 9.84. The summed E-state index contributed by atoms with van der Waals surface area (Å²) in [5.41, 5.74) is 1.38. The minimum Gasteiger partial charge on any atom is -0.396 e. The minimum atomic E-state index is -0.898. The maximum atomic E-state index is 13.1. The molecule has 4 heteroatoms. The topological polar surface area (TPSA) is 20.2 Å². The van der Waals surface area contributed by atoms with E-state index >= 15 is 0 Å². The van der Waals surface area contributed by atoms with Gasteiger partial charge in [-0.25, -0.2) is 13.2 Å². The Balaban J connectivity index is 2.07. The zero-order valence-electron chi connectivity index (χ0n) is 10.8. The van der Waals surface area contributed by atoms with E-state index in [0.717, 1.165) is 17.7 Å². The molecule has 106 valence electrons. The van der Waals surface area contributed by atoms with Crippen LogP contribution in [0, 0.1) is 23.4 Å². The van der Waals surface area contributed by atoms with Gasteiger partial charge in [0.25, 0.3) is 0 Å². The van der Waals surface area contributed by atoms with Gasteiger partial charge in [0.05, 0.1) is 0 Å². The highest BCUT2D eigenvalue weighted by Gasteiger charge is 2.12. The highest BCUT2D eigenvalue weighted by molar-refractivity contribution is 5.20. The normalized spacial score (nSPS) is 12.4. The van der Waals surface area contributed by atoms with Crippen molar-refractivity contribution in [3.05, 3.63) is 71.0 Å². The smallest absolute Gasteiger partial charge is 0.159 e. The number of rotatable bonds is 5. The third-order valence-corrected chi connectivity index (χ3v) is 3.18. The van der Waals surface area contributed by atoms with Crippen molar-refractivity contribution in [3.8, 4) is 0 Å². The van der Waals surface area contributed by atoms with Gasteiger partial charge in [-0.05, 0) is 54.2 Å². The Kier molecular flexibility index (Phi) is 4.79. The molecule has 0 aliphatic rings. The summed E-state index contributed by atoms with van der Waals surface area (Å²) in [5.74, 6) is -2.28. The molecule has 0 heterocycles. The van der Waals surface area contributed by atoms with Crippen LogP contribution in [0.5, 0.6) is 0 Å². The average molecular weight is 280 g/mol. The SMILES string of the molecule is OCC(Cc1cccc(F)c1)Cc1ccc(F)c(F)c1.